The van der Waals surface area contributed by atoms with E-state index in [-0.39, 0.29) is 17.9 Å². The van der Waals surface area contributed by atoms with Crippen LogP contribution < -0.4 is 10.0 Å². The molecule has 0 aliphatic heterocycles. The molecular weight excluding hydrogens is 370 g/mol. The van der Waals surface area contributed by atoms with E-state index in [4.69, 9.17) is 10.00 Å². The molecule has 0 aromatic heterocycles. The minimum Gasteiger partial charge on any atom is -0.456 e. The van der Waals surface area contributed by atoms with Crippen LogP contribution in [0.1, 0.15) is 12.0 Å². The highest BCUT2D eigenvalue weighted by Gasteiger charge is 2.14. The topological polar surface area (TPSA) is 125 Å². The number of hydrogen-bond acceptors (Lipinski definition) is 6. The third kappa shape index (κ3) is 6.54. The number of rotatable bonds is 8. The Bertz CT molecular complexity index is 935. The molecule has 2 aromatic rings. The van der Waals surface area contributed by atoms with E-state index in [1.54, 1.807) is 42.5 Å². The zero-order valence-electron chi connectivity index (χ0n) is 14.2. The van der Waals surface area contributed by atoms with Crippen molar-refractivity contribution in [2.75, 3.05) is 18.5 Å². The van der Waals surface area contributed by atoms with Gasteiger partial charge in [0.05, 0.1) is 22.9 Å². The molecule has 0 radical (unpaired) electrons. The van der Waals surface area contributed by atoms with Crippen LogP contribution in [0.15, 0.2) is 59.5 Å². The SMILES string of the molecule is N#Cc1ccc(NC(=O)COC(=O)CCNS(=O)(=O)c2ccccc2)cc1. The van der Waals surface area contributed by atoms with E-state index in [0.717, 1.165) is 0 Å². The lowest BCUT2D eigenvalue weighted by atomic mass is 10.2. The Balaban J connectivity index is 1.71. The molecule has 0 fully saturated rings. The van der Waals surface area contributed by atoms with Gasteiger partial charge < -0.3 is 10.1 Å². The quantitative estimate of drug-likeness (QED) is 0.660. The van der Waals surface area contributed by atoms with Crippen molar-refractivity contribution in [2.45, 2.75) is 11.3 Å². The van der Waals surface area contributed by atoms with Gasteiger partial charge >= 0.3 is 5.97 Å². The third-order valence-electron chi connectivity index (χ3n) is 3.34. The zero-order valence-corrected chi connectivity index (χ0v) is 15.0. The summed E-state index contributed by atoms with van der Waals surface area (Å²) >= 11 is 0. The fourth-order valence-corrected chi connectivity index (χ4v) is 3.07. The van der Waals surface area contributed by atoms with Crippen molar-refractivity contribution in [1.29, 1.82) is 5.26 Å². The second-order valence-corrected chi connectivity index (χ2v) is 7.13. The summed E-state index contributed by atoms with van der Waals surface area (Å²) in [5.41, 5.74) is 0.919. The van der Waals surface area contributed by atoms with Crippen LogP contribution in [0.3, 0.4) is 0 Å². The minimum absolute atomic E-state index is 0.0974. The van der Waals surface area contributed by atoms with E-state index in [2.05, 4.69) is 10.0 Å². The fourth-order valence-electron chi connectivity index (χ4n) is 2.01. The monoisotopic (exact) mass is 387 g/mol. The molecule has 140 valence electrons. The number of nitriles is 1. The van der Waals surface area contributed by atoms with Gasteiger partial charge in [-0.1, -0.05) is 18.2 Å². The maximum atomic E-state index is 12.0. The lowest BCUT2D eigenvalue weighted by Crippen LogP contribution is -2.27. The van der Waals surface area contributed by atoms with Crippen LogP contribution in [-0.4, -0.2) is 33.4 Å². The van der Waals surface area contributed by atoms with Crippen molar-refractivity contribution in [1.82, 2.24) is 4.72 Å². The summed E-state index contributed by atoms with van der Waals surface area (Å²) in [6.07, 6.45) is -0.212. The summed E-state index contributed by atoms with van der Waals surface area (Å²) in [5.74, 6) is -1.25. The van der Waals surface area contributed by atoms with Crippen molar-refractivity contribution in [3.8, 4) is 6.07 Å². The predicted molar refractivity (Wildman–Crippen MR) is 97.0 cm³/mol. The number of benzene rings is 2. The van der Waals surface area contributed by atoms with Crippen molar-refractivity contribution in [3.63, 3.8) is 0 Å². The molecule has 2 aromatic carbocycles. The van der Waals surface area contributed by atoms with Crippen molar-refractivity contribution >= 4 is 27.6 Å². The second kappa shape index (κ2) is 9.47. The summed E-state index contributed by atoms with van der Waals surface area (Å²) in [6.45, 7) is -0.641. The smallest absolute Gasteiger partial charge is 0.307 e. The molecule has 0 aliphatic rings. The number of carbonyl (C=O) groups is 2. The number of esters is 1. The summed E-state index contributed by atoms with van der Waals surface area (Å²) in [7, 11) is -3.69. The molecule has 9 heteroatoms. The standard InChI is InChI=1S/C18H17N3O5S/c19-12-14-6-8-15(9-7-14)21-17(22)13-26-18(23)10-11-20-27(24,25)16-4-2-1-3-5-16/h1-9,20H,10-11,13H2,(H,21,22). The highest BCUT2D eigenvalue weighted by atomic mass is 32.2. The molecular formula is C18H17N3O5S. The summed E-state index contributed by atoms with van der Waals surface area (Å²) in [4.78, 5) is 23.5. The molecule has 0 spiro atoms. The third-order valence-corrected chi connectivity index (χ3v) is 4.81. The number of nitrogens with one attached hydrogen (secondary N) is 2. The summed E-state index contributed by atoms with van der Waals surface area (Å²) in [5, 5.41) is 11.2. The molecule has 1 amide bonds. The molecule has 0 heterocycles. The normalized spacial score (nSPS) is 10.6. The molecule has 2 rings (SSSR count). The minimum atomic E-state index is -3.69. The zero-order chi connectivity index (χ0) is 19.7. The molecule has 0 aliphatic carbocycles. The van der Waals surface area contributed by atoms with Gasteiger partial charge in [0, 0.05) is 12.2 Å². The Hall–Kier alpha value is -3.22. The molecule has 0 saturated carbocycles. The largest absolute Gasteiger partial charge is 0.456 e. The van der Waals surface area contributed by atoms with Gasteiger partial charge in [-0.2, -0.15) is 5.26 Å². The van der Waals surface area contributed by atoms with E-state index in [0.29, 0.717) is 11.3 Å². The van der Waals surface area contributed by atoms with Gasteiger partial charge in [0.15, 0.2) is 6.61 Å². The average Bonchev–Trinajstić information content (AvgIpc) is 2.67. The van der Waals surface area contributed by atoms with E-state index in [9.17, 15) is 18.0 Å². The molecule has 27 heavy (non-hydrogen) atoms. The van der Waals surface area contributed by atoms with Gasteiger partial charge in [-0.3, -0.25) is 9.59 Å². The van der Waals surface area contributed by atoms with E-state index >= 15 is 0 Å². The Morgan fingerprint density at radius 3 is 2.33 bits per heavy atom. The Morgan fingerprint density at radius 2 is 1.70 bits per heavy atom. The van der Waals surface area contributed by atoms with Crippen molar-refractivity contribution in [2.24, 2.45) is 0 Å². The predicted octanol–water partition coefficient (Wildman–Crippen LogP) is 1.41. The Morgan fingerprint density at radius 1 is 1.04 bits per heavy atom. The van der Waals surface area contributed by atoms with Crippen LogP contribution in [0.2, 0.25) is 0 Å². The van der Waals surface area contributed by atoms with Gasteiger partial charge in [-0.15, -0.1) is 0 Å². The van der Waals surface area contributed by atoms with Crippen LogP contribution in [0.25, 0.3) is 0 Å². The molecule has 0 saturated heterocycles. The van der Waals surface area contributed by atoms with Crippen molar-refractivity contribution < 1.29 is 22.7 Å². The molecule has 0 atom stereocenters. The lowest BCUT2D eigenvalue weighted by molar-refractivity contribution is -0.147. The first-order valence-corrected chi connectivity index (χ1v) is 9.39. The molecule has 8 nitrogen and oxygen atoms in total. The van der Waals surface area contributed by atoms with E-state index < -0.39 is 28.5 Å². The second-order valence-electron chi connectivity index (χ2n) is 5.36. The van der Waals surface area contributed by atoms with E-state index in [1.165, 1.54) is 12.1 Å². The van der Waals surface area contributed by atoms with Gasteiger partial charge in [0.1, 0.15) is 0 Å². The molecule has 2 N–H and O–H groups in total. The van der Waals surface area contributed by atoms with Crippen LogP contribution in [0, 0.1) is 11.3 Å². The lowest BCUT2D eigenvalue weighted by Gasteiger charge is -2.08. The first-order chi connectivity index (χ1) is 12.9. The number of amides is 1. The maximum absolute atomic E-state index is 12.0. The van der Waals surface area contributed by atoms with E-state index in [1.807, 2.05) is 6.07 Å². The first kappa shape index (κ1) is 20.1. The summed E-state index contributed by atoms with van der Waals surface area (Å²) < 4.78 is 31.1. The van der Waals surface area contributed by atoms with Crippen molar-refractivity contribution in [3.05, 3.63) is 60.2 Å². The molecule has 0 unspecified atom stereocenters. The van der Waals surface area contributed by atoms with Gasteiger partial charge in [-0.05, 0) is 36.4 Å². The number of nitrogens with zero attached hydrogens (tertiary/aromatic N) is 1. The number of ether oxygens (including phenoxy) is 1. The number of carbonyl (C=O) groups excluding carboxylic acids is 2. The molecule has 0 bridgehead atoms. The summed E-state index contributed by atoms with van der Waals surface area (Å²) in [6, 6.07) is 15.9. The average molecular weight is 387 g/mol. The highest BCUT2D eigenvalue weighted by molar-refractivity contribution is 7.89. The van der Waals surface area contributed by atoms with Gasteiger partial charge in [0.2, 0.25) is 10.0 Å². The number of hydrogen-bond donors (Lipinski definition) is 2. The Kier molecular flexibility index (Phi) is 7.05. The van der Waals surface area contributed by atoms with Crippen LogP contribution in [0.4, 0.5) is 5.69 Å². The maximum Gasteiger partial charge on any atom is 0.307 e. The number of sulfonamides is 1. The van der Waals surface area contributed by atoms with Gasteiger partial charge in [-0.25, -0.2) is 13.1 Å². The first-order valence-electron chi connectivity index (χ1n) is 7.91. The fraction of sp³-hybridized carbons (Fsp3) is 0.167. The number of anilines is 1. The Labute approximate surface area is 156 Å². The highest BCUT2D eigenvalue weighted by Crippen LogP contribution is 2.09. The van der Waals surface area contributed by atoms with Gasteiger partial charge in [0.25, 0.3) is 5.91 Å². The van der Waals surface area contributed by atoms with Crippen LogP contribution in [0.5, 0.6) is 0 Å². The van der Waals surface area contributed by atoms with Crippen LogP contribution in [-0.2, 0) is 24.3 Å². The van der Waals surface area contributed by atoms with Crippen LogP contribution >= 0.6 is 0 Å².